The second-order valence-electron chi connectivity index (χ2n) is 14.4. The predicted molar refractivity (Wildman–Crippen MR) is 220 cm³/mol. The van der Waals surface area contributed by atoms with Crippen LogP contribution in [0.3, 0.4) is 0 Å². The normalized spacial score (nSPS) is 15.0. The van der Waals surface area contributed by atoms with Gasteiger partial charge < -0.3 is 19.9 Å². The Morgan fingerprint density at radius 2 is 1.24 bits per heavy atom. The molecule has 2 fully saturated rings. The molecule has 0 aromatic heterocycles. The Hall–Kier alpha value is -5.77. The van der Waals surface area contributed by atoms with Gasteiger partial charge in [0, 0.05) is 55.6 Å². The Balaban J connectivity index is 0.986. The number of nitrogens with zero attached hydrogens (tertiary/aromatic N) is 4. The molecule has 0 radical (unpaired) electrons. The Morgan fingerprint density at radius 1 is 0.673 bits per heavy atom. The molecule has 5 aromatic carbocycles. The summed E-state index contributed by atoms with van der Waals surface area (Å²) in [5.41, 5.74) is 6.57. The van der Waals surface area contributed by atoms with Gasteiger partial charge in [0.1, 0.15) is 6.10 Å². The lowest BCUT2D eigenvalue weighted by Crippen LogP contribution is -2.43. The van der Waals surface area contributed by atoms with E-state index < -0.39 is 6.09 Å². The van der Waals surface area contributed by atoms with Crippen molar-refractivity contribution in [2.75, 3.05) is 63.1 Å². The highest BCUT2D eigenvalue weighted by atomic mass is 16.6. The van der Waals surface area contributed by atoms with Gasteiger partial charge in [0.05, 0.1) is 17.9 Å². The van der Waals surface area contributed by atoms with Crippen molar-refractivity contribution in [2.24, 2.45) is 0 Å². The second-order valence-corrected chi connectivity index (χ2v) is 14.4. The minimum Gasteiger partial charge on any atom is -0.445 e. The standard InChI is InChI=1S/C46H49N5O4/c1-48(45(53)37-19-14-20-38(33-37)47-44(52)34-50-27-12-13-28-50)31-32-49-29-25-39(26-30-49)55-46(54)51(42-23-10-8-21-40(42)35-15-4-2-5-16-35)43-24-11-9-22-41(43)36-17-6-3-7-18-36/h2-11,14-24,33,39H,12-13,25-32,34H2,1H3,(H,47,52). The molecule has 0 saturated carbocycles. The summed E-state index contributed by atoms with van der Waals surface area (Å²) >= 11 is 0. The lowest BCUT2D eigenvalue weighted by Gasteiger charge is -2.34. The van der Waals surface area contributed by atoms with Crippen LogP contribution in [-0.4, -0.2) is 91.6 Å². The number of carbonyl (C=O) groups is 3. The molecule has 0 atom stereocenters. The van der Waals surface area contributed by atoms with Crippen LogP contribution in [-0.2, 0) is 9.53 Å². The number of benzene rings is 5. The zero-order chi connectivity index (χ0) is 38.0. The van der Waals surface area contributed by atoms with Crippen LogP contribution in [0.2, 0.25) is 0 Å². The number of likely N-dealkylation sites (tertiary alicyclic amines) is 2. The first-order chi connectivity index (χ1) is 26.9. The molecule has 7 rings (SSSR count). The molecular formula is C46H49N5O4. The summed E-state index contributed by atoms with van der Waals surface area (Å²) in [5.74, 6) is -0.151. The molecule has 9 nitrogen and oxygen atoms in total. The SMILES string of the molecule is CN(CCN1CCC(OC(=O)N(c2ccccc2-c2ccccc2)c2ccccc2-c2ccccc2)CC1)C(=O)c1cccc(NC(=O)CN2CCCC2)c1. The number of anilines is 3. The van der Waals surface area contributed by atoms with Crippen LogP contribution < -0.4 is 10.2 Å². The van der Waals surface area contributed by atoms with Crippen molar-refractivity contribution >= 4 is 35.0 Å². The van der Waals surface area contributed by atoms with Gasteiger partial charge in [0.25, 0.3) is 5.91 Å². The van der Waals surface area contributed by atoms with Gasteiger partial charge in [-0.15, -0.1) is 0 Å². The first-order valence-electron chi connectivity index (χ1n) is 19.3. The molecule has 2 heterocycles. The number of carbonyl (C=O) groups excluding carboxylic acids is 3. The lowest BCUT2D eigenvalue weighted by molar-refractivity contribution is -0.117. The number of piperidine rings is 1. The average molecular weight is 736 g/mol. The maximum atomic E-state index is 14.5. The zero-order valence-corrected chi connectivity index (χ0v) is 31.5. The fraction of sp³-hybridized carbons (Fsp3) is 0.283. The van der Waals surface area contributed by atoms with Gasteiger partial charge in [-0.2, -0.15) is 0 Å². The van der Waals surface area contributed by atoms with E-state index in [2.05, 4.69) is 39.4 Å². The van der Waals surface area contributed by atoms with E-state index in [1.54, 1.807) is 28.0 Å². The van der Waals surface area contributed by atoms with E-state index in [9.17, 15) is 14.4 Å². The highest BCUT2D eigenvalue weighted by Crippen LogP contribution is 2.40. The summed E-state index contributed by atoms with van der Waals surface area (Å²) in [6.45, 7) is 5.03. The Labute approximate surface area is 324 Å². The summed E-state index contributed by atoms with van der Waals surface area (Å²) in [4.78, 5) is 48.3. The molecule has 0 spiro atoms. The number of ether oxygens (including phenoxy) is 1. The van der Waals surface area contributed by atoms with Crippen LogP contribution in [0.4, 0.5) is 21.9 Å². The van der Waals surface area contributed by atoms with E-state index in [-0.39, 0.29) is 17.9 Å². The van der Waals surface area contributed by atoms with Gasteiger partial charge in [-0.1, -0.05) is 103 Å². The smallest absolute Gasteiger partial charge is 0.419 e. The van der Waals surface area contributed by atoms with Crippen molar-refractivity contribution in [2.45, 2.75) is 31.8 Å². The third-order valence-corrected chi connectivity index (χ3v) is 10.5. The van der Waals surface area contributed by atoms with Crippen LogP contribution in [0, 0.1) is 0 Å². The minimum absolute atomic E-state index is 0.0596. The summed E-state index contributed by atoms with van der Waals surface area (Å²) in [5, 5.41) is 2.95. The molecule has 9 heteroatoms. The van der Waals surface area contributed by atoms with Crippen molar-refractivity contribution < 1.29 is 19.1 Å². The number of amides is 3. The Bertz CT molecular complexity index is 1980. The molecule has 0 aliphatic carbocycles. The van der Waals surface area contributed by atoms with Gasteiger partial charge in [-0.3, -0.25) is 14.5 Å². The summed E-state index contributed by atoms with van der Waals surface area (Å²) in [7, 11) is 1.81. The fourth-order valence-electron chi connectivity index (χ4n) is 7.52. The van der Waals surface area contributed by atoms with Crippen molar-refractivity contribution in [3.63, 3.8) is 0 Å². The largest absolute Gasteiger partial charge is 0.445 e. The van der Waals surface area contributed by atoms with Crippen LogP contribution in [0.5, 0.6) is 0 Å². The zero-order valence-electron chi connectivity index (χ0n) is 31.5. The molecule has 2 aliphatic heterocycles. The van der Waals surface area contributed by atoms with E-state index >= 15 is 0 Å². The quantitative estimate of drug-likeness (QED) is 0.138. The van der Waals surface area contributed by atoms with E-state index in [4.69, 9.17) is 4.74 Å². The van der Waals surface area contributed by atoms with E-state index in [0.29, 0.717) is 43.7 Å². The molecule has 2 saturated heterocycles. The van der Waals surface area contributed by atoms with Crippen molar-refractivity contribution in [3.8, 4) is 22.3 Å². The minimum atomic E-state index is -0.412. The number of hydrogen-bond acceptors (Lipinski definition) is 6. The molecule has 1 N–H and O–H groups in total. The van der Waals surface area contributed by atoms with Gasteiger partial charge in [0.2, 0.25) is 5.91 Å². The summed E-state index contributed by atoms with van der Waals surface area (Å²) in [6.07, 6.45) is 2.98. The van der Waals surface area contributed by atoms with Gasteiger partial charge >= 0.3 is 6.09 Å². The Morgan fingerprint density at radius 3 is 1.84 bits per heavy atom. The fourth-order valence-corrected chi connectivity index (χ4v) is 7.52. The van der Waals surface area contributed by atoms with Crippen LogP contribution in [0.25, 0.3) is 22.3 Å². The Kier molecular flexibility index (Phi) is 12.3. The summed E-state index contributed by atoms with van der Waals surface area (Å²) in [6, 6.07) is 43.3. The number of likely N-dealkylation sites (N-methyl/N-ethyl adjacent to an activating group) is 1. The van der Waals surface area contributed by atoms with Crippen molar-refractivity contribution in [1.82, 2.24) is 14.7 Å². The molecule has 0 bridgehead atoms. The van der Waals surface area contributed by atoms with Gasteiger partial charge in [0.15, 0.2) is 0 Å². The van der Waals surface area contributed by atoms with Gasteiger partial charge in [-0.05, 0) is 80.2 Å². The predicted octanol–water partition coefficient (Wildman–Crippen LogP) is 8.57. The first-order valence-corrected chi connectivity index (χ1v) is 19.3. The van der Waals surface area contributed by atoms with E-state index in [1.165, 1.54) is 0 Å². The molecule has 2 aliphatic rings. The maximum Gasteiger partial charge on any atom is 0.419 e. The molecule has 0 unspecified atom stereocenters. The average Bonchev–Trinajstić information content (AvgIpc) is 3.74. The van der Waals surface area contributed by atoms with Crippen molar-refractivity contribution in [3.05, 3.63) is 139 Å². The highest BCUT2D eigenvalue weighted by molar-refractivity contribution is 6.04. The van der Waals surface area contributed by atoms with Crippen LogP contribution in [0.1, 0.15) is 36.0 Å². The summed E-state index contributed by atoms with van der Waals surface area (Å²) < 4.78 is 6.35. The van der Waals surface area contributed by atoms with Crippen LogP contribution in [0.15, 0.2) is 133 Å². The first kappa shape index (κ1) is 37.5. The molecular weight excluding hydrogens is 687 g/mol. The second kappa shape index (κ2) is 18.0. The third kappa shape index (κ3) is 9.49. The number of hydrogen-bond donors (Lipinski definition) is 1. The monoisotopic (exact) mass is 735 g/mol. The number of nitrogens with one attached hydrogen (secondary N) is 1. The van der Waals surface area contributed by atoms with Crippen molar-refractivity contribution in [1.29, 1.82) is 0 Å². The topological polar surface area (TPSA) is 85.4 Å². The maximum absolute atomic E-state index is 14.5. The third-order valence-electron chi connectivity index (χ3n) is 10.5. The van der Waals surface area contributed by atoms with Crippen LogP contribution >= 0.6 is 0 Å². The molecule has 55 heavy (non-hydrogen) atoms. The van der Waals surface area contributed by atoms with Gasteiger partial charge in [-0.25, -0.2) is 9.69 Å². The lowest BCUT2D eigenvalue weighted by atomic mass is 10.00. The van der Waals surface area contributed by atoms with E-state index in [0.717, 1.165) is 72.6 Å². The number of rotatable bonds is 12. The molecule has 5 aromatic rings. The highest BCUT2D eigenvalue weighted by Gasteiger charge is 2.30. The molecule has 282 valence electrons. The number of para-hydroxylation sites is 2. The molecule has 3 amide bonds. The van der Waals surface area contributed by atoms with E-state index in [1.807, 2.05) is 98.0 Å².